The first-order valence-electron chi connectivity index (χ1n) is 5.37. The maximum atomic E-state index is 13.5. The Hall–Kier alpha value is -0.870. The van der Waals surface area contributed by atoms with Gasteiger partial charge in [-0.1, -0.05) is 11.6 Å². The summed E-state index contributed by atoms with van der Waals surface area (Å²) in [6.07, 6.45) is 3.59. The van der Waals surface area contributed by atoms with Crippen molar-refractivity contribution >= 4 is 17.4 Å². The van der Waals surface area contributed by atoms with Crippen LogP contribution in [0.25, 0.3) is 0 Å². The molecule has 1 N–H and O–H groups in total. The molecule has 5 heteroatoms. The third-order valence-corrected chi connectivity index (χ3v) is 3.56. The van der Waals surface area contributed by atoms with Gasteiger partial charge in [0.15, 0.2) is 11.6 Å². The standard InChI is InChI=1S/C11H12ClFN2O/c12-8-3-9(13)10(14-4-8)15-5-11(16,6-15)7-1-2-7/h3-4,7,16H,1-2,5-6H2. The molecule has 0 radical (unpaired) electrons. The fraction of sp³-hybridized carbons (Fsp3) is 0.545. The Kier molecular flexibility index (Phi) is 2.13. The average Bonchev–Trinajstić information content (AvgIpc) is 2.97. The zero-order valence-corrected chi connectivity index (χ0v) is 9.41. The summed E-state index contributed by atoms with van der Waals surface area (Å²) in [5.74, 6) is 0.263. The lowest BCUT2D eigenvalue weighted by Gasteiger charge is -2.47. The van der Waals surface area contributed by atoms with E-state index >= 15 is 0 Å². The van der Waals surface area contributed by atoms with Gasteiger partial charge in [-0.05, 0) is 24.8 Å². The second-order valence-corrected chi connectivity index (χ2v) is 5.13. The highest BCUT2D eigenvalue weighted by Gasteiger charge is 2.52. The first-order valence-corrected chi connectivity index (χ1v) is 5.75. The molecule has 2 heterocycles. The van der Waals surface area contributed by atoms with Gasteiger partial charge in [0.1, 0.15) is 5.60 Å². The quantitative estimate of drug-likeness (QED) is 0.860. The summed E-state index contributed by atoms with van der Waals surface area (Å²) in [7, 11) is 0. The summed E-state index contributed by atoms with van der Waals surface area (Å²) in [6.45, 7) is 0.951. The molecule has 0 aromatic carbocycles. The number of anilines is 1. The topological polar surface area (TPSA) is 36.4 Å². The third kappa shape index (κ3) is 1.57. The van der Waals surface area contributed by atoms with Crippen LogP contribution in [0, 0.1) is 11.7 Å². The van der Waals surface area contributed by atoms with Crippen LogP contribution in [0.5, 0.6) is 0 Å². The van der Waals surface area contributed by atoms with Crippen molar-refractivity contribution in [2.24, 2.45) is 5.92 Å². The molecule has 16 heavy (non-hydrogen) atoms. The fourth-order valence-corrected chi connectivity index (χ4v) is 2.43. The van der Waals surface area contributed by atoms with Crippen LogP contribution in [-0.4, -0.2) is 28.8 Å². The molecule has 2 fully saturated rings. The highest BCUT2D eigenvalue weighted by atomic mass is 35.5. The molecule has 1 saturated heterocycles. The van der Waals surface area contributed by atoms with E-state index in [4.69, 9.17) is 11.6 Å². The lowest BCUT2D eigenvalue weighted by atomic mass is 9.89. The Bertz CT molecular complexity index is 430. The monoisotopic (exact) mass is 242 g/mol. The Labute approximate surface area is 97.9 Å². The minimum absolute atomic E-state index is 0.287. The van der Waals surface area contributed by atoms with E-state index in [9.17, 15) is 9.50 Å². The fourth-order valence-electron chi connectivity index (χ4n) is 2.28. The molecule has 3 rings (SSSR count). The van der Waals surface area contributed by atoms with Crippen LogP contribution >= 0.6 is 11.6 Å². The largest absolute Gasteiger partial charge is 0.386 e. The number of pyridine rings is 1. The van der Waals surface area contributed by atoms with Gasteiger partial charge in [-0.15, -0.1) is 0 Å². The first-order chi connectivity index (χ1) is 7.58. The summed E-state index contributed by atoms with van der Waals surface area (Å²) >= 11 is 5.63. The van der Waals surface area contributed by atoms with Crippen LogP contribution in [0.2, 0.25) is 5.02 Å². The van der Waals surface area contributed by atoms with Gasteiger partial charge in [-0.2, -0.15) is 0 Å². The van der Waals surface area contributed by atoms with Crippen LogP contribution in [0.1, 0.15) is 12.8 Å². The molecule has 1 aromatic rings. The molecule has 1 aliphatic carbocycles. The Morgan fingerprint density at radius 3 is 2.75 bits per heavy atom. The van der Waals surface area contributed by atoms with E-state index in [1.807, 2.05) is 0 Å². The molecule has 0 bridgehead atoms. The van der Waals surface area contributed by atoms with Crippen molar-refractivity contribution < 1.29 is 9.50 Å². The number of aromatic nitrogens is 1. The molecule has 0 spiro atoms. The Morgan fingerprint density at radius 2 is 2.19 bits per heavy atom. The smallest absolute Gasteiger partial charge is 0.167 e. The van der Waals surface area contributed by atoms with Gasteiger partial charge >= 0.3 is 0 Å². The van der Waals surface area contributed by atoms with E-state index < -0.39 is 11.4 Å². The summed E-state index contributed by atoms with van der Waals surface area (Å²) in [6, 6.07) is 1.25. The maximum absolute atomic E-state index is 13.5. The van der Waals surface area contributed by atoms with Gasteiger partial charge < -0.3 is 10.0 Å². The van der Waals surface area contributed by atoms with Gasteiger partial charge in [0.2, 0.25) is 0 Å². The van der Waals surface area contributed by atoms with Crippen molar-refractivity contribution in [3.05, 3.63) is 23.1 Å². The van der Waals surface area contributed by atoms with Crippen molar-refractivity contribution in [2.75, 3.05) is 18.0 Å². The molecule has 0 amide bonds. The van der Waals surface area contributed by atoms with Gasteiger partial charge in [0, 0.05) is 6.20 Å². The number of nitrogens with zero attached hydrogens (tertiary/aromatic N) is 2. The predicted octanol–water partition coefficient (Wildman–Crippen LogP) is 1.84. The molecule has 3 nitrogen and oxygen atoms in total. The predicted molar refractivity (Wildman–Crippen MR) is 59.1 cm³/mol. The van der Waals surface area contributed by atoms with Crippen molar-refractivity contribution in [3.8, 4) is 0 Å². The van der Waals surface area contributed by atoms with E-state index in [0.717, 1.165) is 12.8 Å². The van der Waals surface area contributed by atoms with E-state index in [0.29, 0.717) is 24.0 Å². The SMILES string of the molecule is OC1(C2CC2)CN(c2ncc(Cl)cc2F)C1. The van der Waals surface area contributed by atoms with Gasteiger partial charge in [0.05, 0.1) is 18.1 Å². The normalized spacial score (nSPS) is 23.1. The van der Waals surface area contributed by atoms with Crippen molar-refractivity contribution in [2.45, 2.75) is 18.4 Å². The lowest BCUT2D eigenvalue weighted by molar-refractivity contribution is -0.0101. The molecular weight excluding hydrogens is 231 g/mol. The summed E-state index contributed by atoms with van der Waals surface area (Å²) in [4.78, 5) is 5.71. The average molecular weight is 243 g/mol. The van der Waals surface area contributed by atoms with Crippen LogP contribution in [0.4, 0.5) is 10.2 Å². The minimum atomic E-state index is -0.617. The molecule has 0 atom stereocenters. The molecule has 1 saturated carbocycles. The number of β-amino-alcohol motifs (C(OH)–C–C–N with tert-alkyl or cyclic N) is 1. The zero-order valence-electron chi connectivity index (χ0n) is 8.66. The van der Waals surface area contributed by atoms with Gasteiger partial charge in [0.25, 0.3) is 0 Å². The van der Waals surface area contributed by atoms with Crippen molar-refractivity contribution in [3.63, 3.8) is 0 Å². The first kappa shape index (κ1) is 10.3. The number of rotatable bonds is 2. The Morgan fingerprint density at radius 1 is 1.50 bits per heavy atom. The number of halogens is 2. The molecule has 1 aromatic heterocycles. The Balaban J connectivity index is 1.75. The second kappa shape index (κ2) is 3.31. The maximum Gasteiger partial charge on any atom is 0.167 e. The lowest BCUT2D eigenvalue weighted by Crippen LogP contribution is -2.63. The van der Waals surface area contributed by atoms with E-state index in [1.165, 1.54) is 12.3 Å². The van der Waals surface area contributed by atoms with Crippen LogP contribution < -0.4 is 4.90 Å². The van der Waals surface area contributed by atoms with Crippen molar-refractivity contribution in [1.82, 2.24) is 4.98 Å². The highest BCUT2D eigenvalue weighted by molar-refractivity contribution is 6.30. The van der Waals surface area contributed by atoms with Crippen LogP contribution in [-0.2, 0) is 0 Å². The minimum Gasteiger partial charge on any atom is -0.386 e. The molecule has 2 aliphatic rings. The highest BCUT2D eigenvalue weighted by Crippen LogP contribution is 2.45. The molecular formula is C11H12ClFN2O. The van der Waals surface area contributed by atoms with Gasteiger partial charge in [-0.25, -0.2) is 9.37 Å². The molecule has 0 unspecified atom stereocenters. The van der Waals surface area contributed by atoms with Crippen LogP contribution in [0.3, 0.4) is 0 Å². The summed E-state index contributed by atoms with van der Waals surface area (Å²) in [5.41, 5.74) is -0.617. The van der Waals surface area contributed by atoms with E-state index in [1.54, 1.807) is 4.90 Å². The third-order valence-electron chi connectivity index (χ3n) is 3.35. The summed E-state index contributed by atoms with van der Waals surface area (Å²) in [5, 5.41) is 10.4. The number of hydrogen-bond donors (Lipinski definition) is 1. The van der Waals surface area contributed by atoms with Crippen molar-refractivity contribution in [1.29, 1.82) is 0 Å². The van der Waals surface area contributed by atoms with Gasteiger partial charge in [-0.3, -0.25) is 0 Å². The zero-order chi connectivity index (χ0) is 11.3. The number of aliphatic hydroxyl groups is 1. The number of hydrogen-bond acceptors (Lipinski definition) is 3. The summed E-state index contributed by atoms with van der Waals surface area (Å²) < 4.78 is 13.5. The van der Waals surface area contributed by atoms with Crippen LogP contribution in [0.15, 0.2) is 12.3 Å². The second-order valence-electron chi connectivity index (χ2n) is 4.69. The molecule has 86 valence electrons. The van der Waals surface area contributed by atoms with E-state index in [2.05, 4.69) is 4.98 Å². The molecule has 1 aliphatic heterocycles. The van der Waals surface area contributed by atoms with E-state index in [-0.39, 0.29) is 5.82 Å².